The Balaban J connectivity index is 1.78. The molecule has 1 N–H and O–H groups in total. The Labute approximate surface area is 121 Å². The van der Waals surface area contributed by atoms with E-state index in [1.165, 1.54) is 11.3 Å². The SMILES string of the molecule is CCC1COC(C)CN1C(C)CNCc1cccs1. The first-order valence-electron chi connectivity index (χ1n) is 7.31. The Bertz CT molecular complexity index is 355. The molecule has 0 saturated carbocycles. The molecule has 1 fully saturated rings. The zero-order valence-corrected chi connectivity index (χ0v) is 13.1. The van der Waals surface area contributed by atoms with Crippen molar-refractivity contribution in [1.29, 1.82) is 0 Å². The molecular formula is C15H26N2OS. The molecule has 108 valence electrons. The standard InChI is InChI=1S/C15H26N2OS/c1-4-14-11-18-13(3)10-17(14)12(2)8-16-9-15-6-5-7-19-15/h5-7,12-14,16H,4,8-11H2,1-3H3. The minimum atomic E-state index is 0.363. The quantitative estimate of drug-likeness (QED) is 0.868. The summed E-state index contributed by atoms with van der Waals surface area (Å²) in [5, 5.41) is 5.71. The van der Waals surface area contributed by atoms with Gasteiger partial charge in [0.1, 0.15) is 0 Å². The van der Waals surface area contributed by atoms with Crippen LogP contribution in [0.4, 0.5) is 0 Å². The lowest BCUT2D eigenvalue weighted by atomic mass is 10.1. The predicted octanol–water partition coefficient (Wildman–Crippen LogP) is 2.73. The van der Waals surface area contributed by atoms with E-state index in [0.29, 0.717) is 18.2 Å². The zero-order chi connectivity index (χ0) is 13.7. The molecule has 1 aliphatic heterocycles. The maximum Gasteiger partial charge on any atom is 0.0674 e. The third kappa shape index (κ3) is 4.28. The molecule has 3 nitrogen and oxygen atoms in total. The number of hydrogen-bond acceptors (Lipinski definition) is 4. The number of morpholine rings is 1. The van der Waals surface area contributed by atoms with Gasteiger partial charge in [-0.25, -0.2) is 0 Å². The van der Waals surface area contributed by atoms with Crippen LogP contribution >= 0.6 is 11.3 Å². The summed E-state index contributed by atoms with van der Waals surface area (Å²) in [7, 11) is 0. The molecule has 4 heteroatoms. The largest absolute Gasteiger partial charge is 0.376 e. The molecule has 1 saturated heterocycles. The Hall–Kier alpha value is -0.420. The number of nitrogens with zero attached hydrogens (tertiary/aromatic N) is 1. The molecule has 0 radical (unpaired) electrons. The van der Waals surface area contributed by atoms with Crippen LogP contribution in [0.3, 0.4) is 0 Å². The molecule has 3 atom stereocenters. The number of thiophene rings is 1. The van der Waals surface area contributed by atoms with Gasteiger partial charge < -0.3 is 10.1 Å². The van der Waals surface area contributed by atoms with Gasteiger partial charge in [-0.05, 0) is 31.7 Å². The van der Waals surface area contributed by atoms with E-state index in [0.717, 1.165) is 26.2 Å². The summed E-state index contributed by atoms with van der Waals surface area (Å²) < 4.78 is 5.76. The number of hydrogen-bond donors (Lipinski definition) is 1. The van der Waals surface area contributed by atoms with Crippen molar-refractivity contribution < 1.29 is 4.74 Å². The normalized spacial score (nSPS) is 26.5. The second kappa shape index (κ2) is 7.39. The molecule has 2 heterocycles. The molecule has 0 amide bonds. The average molecular weight is 282 g/mol. The van der Waals surface area contributed by atoms with Crippen LogP contribution in [0.25, 0.3) is 0 Å². The van der Waals surface area contributed by atoms with Crippen molar-refractivity contribution in [2.24, 2.45) is 0 Å². The van der Waals surface area contributed by atoms with Crippen molar-refractivity contribution in [3.63, 3.8) is 0 Å². The molecule has 0 spiro atoms. The monoisotopic (exact) mass is 282 g/mol. The molecule has 0 aliphatic carbocycles. The summed E-state index contributed by atoms with van der Waals surface area (Å²) in [4.78, 5) is 4.02. The second-order valence-corrected chi connectivity index (χ2v) is 6.49. The smallest absolute Gasteiger partial charge is 0.0674 e. The van der Waals surface area contributed by atoms with Crippen LogP contribution in [0.2, 0.25) is 0 Å². The van der Waals surface area contributed by atoms with Crippen LogP contribution in [-0.4, -0.2) is 42.8 Å². The molecular weight excluding hydrogens is 256 g/mol. The fourth-order valence-corrected chi connectivity index (χ4v) is 3.37. The maximum absolute atomic E-state index is 5.76. The second-order valence-electron chi connectivity index (χ2n) is 5.46. The van der Waals surface area contributed by atoms with E-state index in [-0.39, 0.29) is 0 Å². The number of rotatable bonds is 6. The van der Waals surface area contributed by atoms with E-state index >= 15 is 0 Å². The molecule has 1 aromatic rings. The maximum atomic E-state index is 5.76. The summed E-state index contributed by atoms with van der Waals surface area (Å²) in [6.45, 7) is 10.7. The van der Waals surface area contributed by atoms with E-state index in [1.54, 1.807) is 0 Å². The van der Waals surface area contributed by atoms with Gasteiger partial charge >= 0.3 is 0 Å². The van der Waals surface area contributed by atoms with Crippen molar-refractivity contribution in [1.82, 2.24) is 10.2 Å². The highest BCUT2D eigenvalue weighted by Crippen LogP contribution is 2.17. The first-order valence-corrected chi connectivity index (χ1v) is 8.19. The lowest BCUT2D eigenvalue weighted by molar-refractivity contribution is -0.0694. The van der Waals surface area contributed by atoms with Crippen LogP contribution in [0.15, 0.2) is 17.5 Å². The third-order valence-corrected chi connectivity index (χ3v) is 4.74. The minimum Gasteiger partial charge on any atom is -0.376 e. The van der Waals surface area contributed by atoms with Crippen LogP contribution in [0.1, 0.15) is 32.1 Å². The van der Waals surface area contributed by atoms with Crippen LogP contribution < -0.4 is 5.32 Å². The zero-order valence-electron chi connectivity index (χ0n) is 12.3. The van der Waals surface area contributed by atoms with Gasteiger partial charge in [0.05, 0.1) is 12.7 Å². The lowest BCUT2D eigenvalue weighted by Crippen LogP contribution is -2.54. The third-order valence-electron chi connectivity index (χ3n) is 3.87. The fraction of sp³-hybridized carbons (Fsp3) is 0.733. The summed E-state index contributed by atoms with van der Waals surface area (Å²) in [6.07, 6.45) is 1.53. The van der Waals surface area contributed by atoms with Crippen LogP contribution in [-0.2, 0) is 11.3 Å². The van der Waals surface area contributed by atoms with Gasteiger partial charge in [-0.2, -0.15) is 0 Å². The topological polar surface area (TPSA) is 24.5 Å². The van der Waals surface area contributed by atoms with E-state index < -0.39 is 0 Å². The van der Waals surface area contributed by atoms with Gasteiger partial charge in [0.15, 0.2) is 0 Å². The number of nitrogens with one attached hydrogen (secondary N) is 1. The van der Waals surface area contributed by atoms with E-state index in [4.69, 9.17) is 4.74 Å². The van der Waals surface area contributed by atoms with Gasteiger partial charge in [-0.3, -0.25) is 4.90 Å². The molecule has 19 heavy (non-hydrogen) atoms. The Kier molecular flexibility index (Phi) is 5.82. The van der Waals surface area contributed by atoms with E-state index in [1.807, 2.05) is 11.3 Å². The van der Waals surface area contributed by atoms with Crippen molar-refractivity contribution in [2.45, 2.75) is 51.9 Å². The van der Waals surface area contributed by atoms with Gasteiger partial charge in [0.2, 0.25) is 0 Å². The number of ether oxygens (including phenoxy) is 1. The van der Waals surface area contributed by atoms with Crippen molar-refractivity contribution in [2.75, 3.05) is 19.7 Å². The first-order chi connectivity index (χ1) is 9.20. The average Bonchev–Trinajstić information content (AvgIpc) is 2.91. The van der Waals surface area contributed by atoms with Crippen molar-refractivity contribution >= 4 is 11.3 Å². The van der Waals surface area contributed by atoms with Crippen LogP contribution in [0, 0.1) is 0 Å². The lowest BCUT2D eigenvalue weighted by Gasteiger charge is -2.42. The fourth-order valence-electron chi connectivity index (χ4n) is 2.70. The predicted molar refractivity (Wildman–Crippen MR) is 81.7 cm³/mol. The summed E-state index contributed by atoms with van der Waals surface area (Å²) in [5.41, 5.74) is 0. The van der Waals surface area contributed by atoms with E-state index in [2.05, 4.69) is 48.5 Å². The molecule has 0 aromatic carbocycles. The minimum absolute atomic E-state index is 0.363. The molecule has 2 rings (SSSR count). The van der Waals surface area contributed by atoms with Gasteiger partial charge in [-0.15, -0.1) is 11.3 Å². The van der Waals surface area contributed by atoms with Crippen molar-refractivity contribution in [3.8, 4) is 0 Å². The Morgan fingerprint density at radius 3 is 3.11 bits per heavy atom. The molecule has 0 bridgehead atoms. The highest BCUT2D eigenvalue weighted by atomic mass is 32.1. The van der Waals surface area contributed by atoms with Crippen LogP contribution in [0.5, 0.6) is 0 Å². The first kappa shape index (κ1) is 15.0. The van der Waals surface area contributed by atoms with Gasteiger partial charge in [0, 0.05) is 36.6 Å². The van der Waals surface area contributed by atoms with Crippen molar-refractivity contribution in [3.05, 3.63) is 22.4 Å². The van der Waals surface area contributed by atoms with E-state index in [9.17, 15) is 0 Å². The highest BCUT2D eigenvalue weighted by molar-refractivity contribution is 7.09. The summed E-state index contributed by atoms with van der Waals surface area (Å²) >= 11 is 1.82. The summed E-state index contributed by atoms with van der Waals surface area (Å²) in [5.74, 6) is 0. The van der Waals surface area contributed by atoms with Gasteiger partial charge in [-0.1, -0.05) is 13.0 Å². The Morgan fingerprint density at radius 1 is 1.58 bits per heavy atom. The summed E-state index contributed by atoms with van der Waals surface area (Å²) in [6, 6.07) is 5.45. The van der Waals surface area contributed by atoms with Gasteiger partial charge in [0.25, 0.3) is 0 Å². The molecule has 1 aromatic heterocycles. The molecule has 1 aliphatic rings. The molecule has 3 unspecified atom stereocenters. The highest BCUT2D eigenvalue weighted by Gasteiger charge is 2.28. The Morgan fingerprint density at radius 2 is 2.42 bits per heavy atom.